The Balaban J connectivity index is 1.56. The summed E-state index contributed by atoms with van der Waals surface area (Å²) in [6, 6.07) is 24.6. The van der Waals surface area contributed by atoms with E-state index in [-0.39, 0.29) is 27.9 Å². The minimum absolute atomic E-state index is 0.00735. The van der Waals surface area contributed by atoms with Crippen LogP contribution in [0, 0.1) is 0 Å². The highest BCUT2D eigenvalue weighted by Crippen LogP contribution is 2.31. The van der Waals surface area contributed by atoms with Gasteiger partial charge in [0.1, 0.15) is 17.2 Å². The van der Waals surface area contributed by atoms with Gasteiger partial charge < -0.3 is 30.5 Å². The van der Waals surface area contributed by atoms with Crippen LogP contribution in [-0.2, 0) is 9.59 Å². The largest absolute Gasteiger partial charge is 0.497 e. The van der Waals surface area contributed by atoms with Crippen LogP contribution in [-0.4, -0.2) is 48.3 Å². The number of methoxy groups -OCH3 is 2. The van der Waals surface area contributed by atoms with Gasteiger partial charge in [-0.05, 0) is 79.2 Å². The molecule has 4 aromatic carbocycles. The molecule has 0 heterocycles. The minimum atomic E-state index is -1.14. The third kappa shape index (κ3) is 9.38. The highest BCUT2D eigenvalue weighted by Gasteiger charge is 2.21. The van der Waals surface area contributed by atoms with Gasteiger partial charge in [0, 0.05) is 21.7 Å². The molecular weight excluding hydrogens is 642 g/mol. The molecule has 0 saturated heterocycles. The van der Waals surface area contributed by atoms with Gasteiger partial charge >= 0.3 is 5.97 Å². The molecule has 4 rings (SSSR count). The summed E-state index contributed by atoms with van der Waals surface area (Å²) in [6.45, 7) is 1.84. The SMILES string of the molecule is CCC(Sc1cccc(NC(=O)/C(=C\c2cc(OC)ccc2OC)NC(=O)c2ccccc2)c1)C(=O)Nc1cc(C(=O)O)ccc1Cl. The number of carbonyl (C=O) groups excluding carboxylic acids is 3. The summed E-state index contributed by atoms with van der Waals surface area (Å²) >= 11 is 7.46. The summed E-state index contributed by atoms with van der Waals surface area (Å²) in [5.74, 6) is -1.59. The second-order valence-electron chi connectivity index (χ2n) is 9.97. The van der Waals surface area contributed by atoms with E-state index >= 15 is 0 Å². The highest BCUT2D eigenvalue weighted by atomic mass is 35.5. The number of rotatable bonds is 13. The fraction of sp³-hybridized carbons (Fsp3) is 0.143. The van der Waals surface area contributed by atoms with Crippen LogP contribution in [0.15, 0.2) is 102 Å². The van der Waals surface area contributed by atoms with Crippen LogP contribution in [0.25, 0.3) is 6.08 Å². The van der Waals surface area contributed by atoms with E-state index in [1.165, 1.54) is 50.3 Å². The molecule has 0 fully saturated rings. The first-order valence-corrected chi connectivity index (χ1v) is 15.6. The van der Waals surface area contributed by atoms with Gasteiger partial charge in [0.25, 0.3) is 11.8 Å². The number of carboxylic acid groups (broad SMARTS) is 1. The Labute approximate surface area is 281 Å². The highest BCUT2D eigenvalue weighted by molar-refractivity contribution is 8.00. The van der Waals surface area contributed by atoms with Gasteiger partial charge in [-0.25, -0.2) is 4.79 Å². The predicted octanol–water partition coefficient (Wildman–Crippen LogP) is 6.97. The van der Waals surface area contributed by atoms with Gasteiger partial charge in [0.2, 0.25) is 5.91 Å². The van der Waals surface area contributed by atoms with Gasteiger partial charge in [-0.1, -0.05) is 42.8 Å². The Morgan fingerprint density at radius 3 is 2.32 bits per heavy atom. The van der Waals surface area contributed by atoms with Gasteiger partial charge in [0.05, 0.1) is 35.7 Å². The molecule has 0 bridgehead atoms. The molecule has 1 atom stereocenters. The first-order valence-electron chi connectivity index (χ1n) is 14.3. The summed E-state index contributed by atoms with van der Waals surface area (Å²) in [5, 5.41) is 17.2. The van der Waals surface area contributed by atoms with Crippen LogP contribution in [0.1, 0.15) is 39.6 Å². The summed E-state index contributed by atoms with van der Waals surface area (Å²) in [6.07, 6.45) is 1.95. The monoisotopic (exact) mass is 673 g/mol. The van der Waals surface area contributed by atoms with Crippen LogP contribution < -0.4 is 25.4 Å². The van der Waals surface area contributed by atoms with Crippen LogP contribution in [0.2, 0.25) is 5.02 Å². The number of thioether (sulfide) groups is 1. The number of hydrogen-bond acceptors (Lipinski definition) is 7. The molecule has 4 aromatic rings. The fourth-order valence-corrected chi connectivity index (χ4v) is 5.53. The van der Waals surface area contributed by atoms with Crippen molar-refractivity contribution in [1.29, 1.82) is 0 Å². The maximum atomic E-state index is 13.7. The number of amides is 3. The molecule has 47 heavy (non-hydrogen) atoms. The second-order valence-corrected chi connectivity index (χ2v) is 11.7. The Morgan fingerprint density at radius 2 is 1.64 bits per heavy atom. The molecule has 0 aliphatic carbocycles. The van der Waals surface area contributed by atoms with Crippen molar-refractivity contribution in [2.45, 2.75) is 23.5 Å². The summed E-state index contributed by atoms with van der Waals surface area (Å²) in [7, 11) is 3.01. The second kappa shape index (κ2) is 16.3. The third-order valence-electron chi connectivity index (χ3n) is 6.77. The first kappa shape index (κ1) is 34.6. The van der Waals surface area contributed by atoms with E-state index in [0.717, 1.165) is 0 Å². The lowest BCUT2D eigenvalue weighted by atomic mass is 10.1. The lowest BCUT2D eigenvalue weighted by Gasteiger charge is -2.17. The molecule has 0 aliphatic rings. The molecule has 3 amide bonds. The minimum Gasteiger partial charge on any atom is -0.497 e. The zero-order valence-corrected chi connectivity index (χ0v) is 27.3. The molecule has 0 radical (unpaired) electrons. The topological polar surface area (TPSA) is 143 Å². The van der Waals surface area contributed by atoms with Gasteiger partial charge in [-0.2, -0.15) is 0 Å². The lowest BCUT2D eigenvalue weighted by molar-refractivity contribution is -0.116. The molecule has 0 saturated carbocycles. The number of benzene rings is 4. The van der Waals surface area contributed by atoms with Crippen LogP contribution in [0.4, 0.5) is 11.4 Å². The smallest absolute Gasteiger partial charge is 0.335 e. The quantitative estimate of drug-likeness (QED) is 0.0880. The summed E-state index contributed by atoms with van der Waals surface area (Å²) < 4.78 is 10.8. The van der Waals surface area contributed by atoms with Crippen molar-refractivity contribution in [3.8, 4) is 11.5 Å². The van der Waals surface area contributed by atoms with Crippen molar-refractivity contribution in [3.63, 3.8) is 0 Å². The Bertz CT molecular complexity index is 1810. The Kier molecular flexibility index (Phi) is 12.0. The summed E-state index contributed by atoms with van der Waals surface area (Å²) in [4.78, 5) is 51.9. The number of halogens is 1. The molecule has 0 aliphatic heterocycles. The number of aromatic carboxylic acids is 1. The van der Waals surface area contributed by atoms with Crippen LogP contribution in [0.3, 0.4) is 0 Å². The van der Waals surface area contributed by atoms with Gasteiger partial charge in [-0.3, -0.25) is 14.4 Å². The van der Waals surface area contributed by atoms with E-state index in [2.05, 4.69) is 16.0 Å². The Morgan fingerprint density at radius 1 is 0.872 bits per heavy atom. The van der Waals surface area contributed by atoms with Crippen molar-refractivity contribution in [1.82, 2.24) is 5.32 Å². The average molecular weight is 674 g/mol. The van der Waals surface area contributed by atoms with Crippen molar-refractivity contribution >= 4 is 64.5 Å². The van der Waals surface area contributed by atoms with Crippen molar-refractivity contribution in [2.75, 3.05) is 24.9 Å². The van der Waals surface area contributed by atoms with Crippen molar-refractivity contribution in [2.24, 2.45) is 0 Å². The third-order valence-corrected chi connectivity index (χ3v) is 8.46. The zero-order chi connectivity index (χ0) is 33.9. The van der Waals surface area contributed by atoms with Gasteiger partial charge in [-0.15, -0.1) is 11.8 Å². The number of anilines is 2. The number of hydrogen-bond donors (Lipinski definition) is 4. The molecule has 0 spiro atoms. The van der Waals surface area contributed by atoms with Crippen molar-refractivity contribution < 1.29 is 33.8 Å². The molecular formula is C35H32ClN3O7S. The molecule has 12 heteroatoms. The molecule has 4 N–H and O–H groups in total. The van der Waals surface area contributed by atoms with Crippen LogP contribution >= 0.6 is 23.4 Å². The fourth-order valence-electron chi connectivity index (χ4n) is 4.35. The molecule has 1 unspecified atom stereocenters. The normalized spacial score (nSPS) is 11.6. The van der Waals surface area contributed by atoms with Crippen molar-refractivity contribution in [3.05, 3.63) is 118 Å². The number of nitrogens with one attached hydrogen (secondary N) is 3. The van der Waals surface area contributed by atoms with E-state index in [1.54, 1.807) is 72.8 Å². The maximum Gasteiger partial charge on any atom is 0.335 e. The number of ether oxygens (including phenoxy) is 2. The van der Waals surface area contributed by atoms with Crippen LogP contribution in [0.5, 0.6) is 11.5 Å². The van der Waals surface area contributed by atoms with E-state index in [4.69, 9.17) is 21.1 Å². The molecule has 0 aromatic heterocycles. The summed E-state index contributed by atoms with van der Waals surface area (Å²) in [5.41, 5.74) is 1.43. The maximum absolute atomic E-state index is 13.7. The van der Waals surface area contributed by atoms with E-state index < -0.39 is 23.0 Å². The molecule has 10 nitrogen and oxygen atoms in total. The Hall–Kier alpha value is -5.26. The van der Waals surface area contributed by atoms with E-state index in [1.807, 2.05) is 6.92 Å². The predicted molar refractivity (Wildman–Crippen MR) is 183 cm³/mol. The molecule has 242 valence electrons. The number of carbonyl (C=O) groups is 4. The van der Waals surface area contributed by atoms with Gasteiger partial charge in [0.15, 0.2) is 0 Å². The average Bonchev–Trinajstić information content (AvgIpc) is 3.08. The first-order chi connectivity index (χ1) is 22.6. The number of carboxylic acids is 1. The lowest BCUT2D eigenvalue weighted by Crippen LogP contribution is -2.30. The van der Waals surface area contributed by atoms with E-state index in [0.29, 0.717) is 39.6 Å². The van der Waals surface area contributed by atoms with E-state index in [9.17, 15) is 24.3 Å². The zero-order valence-electron chi connectivity index (χ0n) is 25.7. The standard InChI is InChI=1S/C35H32ClN3O7S/c1-4-31(34(42)38-28-18-22(35(43)44)13-15-27(28)36)47-26-12-8-11-24(20-26)37-33(41)29(39-32(40)21-9-6-5-7-10-21)19-23-17-25(45-2)14-16-30(23)46-3/h5-20,31H,4H2,1-3H3,(H,37,41)(H,38,42)(H,39,40)(H,43,44)/b29-19+.